The lowest BCUT2D eigenvalue weighted by Crippen LogP contribution is -3.15. The van der Waals surface area contributed by atoms with Gasteiger partial charge in [-0.1, -0.05) is 29.3 Å². The highest BCUT2D eigenvalue weighted by Gasteiger charge is 2.26. The summed E-state index contributed by atoms with van der Waals surface area (Å²) in [7, 11) is 0. The number of carbonyl (C=O) groups excluding carboxylic acids is 2. The molecule has 0 unspecified atom stereocenters. The molecule has 23 heavy (non-hydrogen) atoms. The Kier molecular flexibility index (Phi) is 6.50. The van der Waals surface area contributed by atoms with Gasteiger partial charge in [0.15, 0.2) is 6.54 Å². The molecule has 0 radical (unpaired) electrons. The first-order valence-electron chi connectivity index (χ1n) is 7.50. The molecular formula is C15H20Cl2N3O3+. The monoisotopic (exact) mass is 360 g/mol. The Hall–Kier alpha value is -1.50. The van der Waals surface area contributed by atoms with Crippen LogP contribution in [-0.4, -0.2) is 56.2 Å². The zero-order valence-electron chi connectivity index (χ0n) is 12.9. The Morgan fingerprint density at radius 2 is 1.87 bits per heavy atom. The van der Waals surface area contributed by atoms with Gasteiger partial charge in [0.05, 0.1) is 48.5 Å². The number of quaternary nitrogens is 1. The summed E-state index contributed by atoms with van der Waals surface area (Å²) in [5, 5.41) is 3.57. The van der Waals surface area contributed by atoms with Gasteiger partial charge in [0.2, 0.25) is 0 Å². The first kappa shape index (κ1) is 17.8. The van der Waals surface area contributed by atoms with Crippen molar-refractivity contribution in [1.82, 2.24) is 4.90 Å². The third kappa shape index (κ3) is 4.99. The highest BCUT2D eigenvalue weighted by molar-refractivity contribution is 6.39. The van der Waals surface area contributed by atoms with Gasteiger partial charge < -0.3 is 15.0 Å². The maximum atomic E-state index is 12.1. The molecular weight excluding hydrogens is 341 g/mol. The molecule has 8 heteroatoms. The fraction of sp³-hybridized carbons (Fsp3) is 0.467. The van der Waals surface area contributed by atoms with Gasteiger partial charge in [-0.2, -0.15) is 0 Å². The van der Waals surface area contributed by atoms with Crippen LogP contribution in [0.4, 0.5) is 10.5 Å². The fourth-order valence-corrected chi connectivity index (χ4v) is 2.92. The molecule has 126 valence electrons. The molecule has 2 rings (SSSR count). The predicted octanol–water partition coefficient (Wildman–Crippen LogP) is 1.29. The summed E-state index contributed by atoms with van der Waals surface area (Å²) in [5.74, 6) is -0.153. The van der Waals surface area contributed by atoms with Gasteiger partial charge in [-0.05, 0) is 19.1 Å². The normalized spacial score (nSPS) is 15.3. The number of halogens is 2. The van der Waals surface area contributed by atoms with Crippen LogP contribution >= 0.6 is 23.2 Å². The van der Waals surface area contributed by atoms with Crippen molar-refractivity contribution in [3.05, 3.63) is 28.2 Å². The van der Waals surface area contributed by atoms with Gasteiger partial charge in [0.25, 0.3) is 5.91 Å². The van der Waals surface area contributed by atoms with E-state index in [0.717, 1.165) is 4.90 Å². The lowest BCUT2D eigenvalue weighted by atomic mass is 10.3. The average Bonchev–Trinajstić information content (AvgIpc) is 2.52. The van der Waals surface area contributed by atoms with Crippen LogP contribution < -0.4 is 10.2 Å². The van der Waals surface area contributed by atoms with E-state index in [1.807, 2.05) is 0 Å². The van der Waals surface area contributed by atoms with E-state index >= 15 is 0 Å². The molecule has 1 aromatic rings. The van der Waals surface area contributed by atoms with Crippen molar-refractivity contribution in [3.63, 3.8) is 0 Å². The minimum absolute atomic E-state index is 0.153. The summed E-state index contributed by atoms with van der Waals surface area (Å²) in [4.78, 5) is 26.5. The number of amides is 2. The second-order valence-corrected chi connectivity index (χ2v) is 6.07. The second kappa shape index (κ2) is 8.38. The largest absolute Gasteiger partial charge is 0.450 e. The number of rotatable bonds is 4. The number of benzene rings is 1. The van der Waals surface area contributed by atoms with Gasteiger partial charge in [0.1, 0.15) is 0 Å². The standard InChI is InChI=1S/C15H19Cl2N3O3/c1-2-23-15(22)20-8-6-19(7-9-20)10-13(21)18-14-11(16)4-3-5-12(14)17/h3-5H,2,6-10H2,1H3,(H,18,21)/p+1. The van der Waals surface area contributed by atoms with Crippen LogP contribution in [0.15, 0.2) is 18.2 Å². The first-order valence-corrected chi connectivity index (χ1v) is 8.26. The summed E-state index contributed by atoms with van der Waals surface area (Å²) in [6.07, 6.45) is -0.293. The van der Waals surface area contributed by atoms with Crippen LogP contribution in [0.25, 0.3) is 0 Å². The Labute approximate surface area is 145 Å². The molecule has 1 fully saturated rings. The molecule has 0 aromatic heterocycles. The Balaban J connectivity index is 1.82. The summed E-state index contributed by atoms with van der Waals surface area (Å²) in [5.41, 5.74) is 0.436. The van der Waals surface area contributed by atoms with Gasteiger partial charge >= 0.3 is 6.09 Å². The van der Waals surface area contributed by atoms with E-state index in [-0.39, 0.29) is 12.0 Å². The molecule has 1 aliphatic rings. The van der Waals surface area contributed by atoms with Crippen molar-refractivity contribution >= 4 is 40.9 Å². The molecule has 0 spiro atoms. The number of nitrogens with one attached hydrogen (secondary N) is 2. The van der Waals surface area contributed by atoms with Crippen molar-refractivity contribution in [2.24, 2.45) is 0 Å². The number of para-hydroxylation sites is 1. The SMILES string of the molecule is CCOC(=O)N1CC[NH+](CC(=O)Nc2c(Cl)cccc2Cl)CC1. The zero-order chi connectivity index (χ0) is 16.8. The van der Waals surface area contributed by atoms with E-state index in [2.05, 4.69) is 5.32 Å². The van der Waals surface area contributed by atoms with Crippen LogP contribution in [0.1, 0.15) is 6.92 Å². The molecule has 1 aromatic carbocycles. The van der Waals surface area contributed by atoms with Crippen LogP contribution in [0.2, 0.25) is 10.0 Å². The zero-order valence-corrected chi connectivity index (χ0v) is 14.4. The number of anilines is 1. The summed E-state index contributed by atoms with van der Waals surface area (Å²) < 4.78 is 4.97. The van der Waals surface area contributed by atoms with Crippen molar-refractivity contribution < 1.29 is 19.2 Å². The van der Waals surface area contributed by atoms with Gasteiger partial charge in [-0.15, -0.1) is 0 Å². The first-order chi connectivity index (χ1) is 11.0. The van der Waals surface area contributed by atoms with Crippen molar-refractivity contribution in [1.29, 1.82) is 0 Å². The van der Waals surface area contributed by atoms with E-state index in [1.54, 1.807) is 30.0 Å². The number of piperazine rings is 1. The molecule has 0 atom stereocenters. The third-order valence-electron chi connectivity index (χ3n) is 3.63. The van der Waals surface area contributed by atoms with Crippen molar-refractivity contribution in [2.75, 3.05) is 44.6 Å². The minimum Gasteiger partial charge on any atom is -0.450 e. The molecule has 0 saturated carbocycles. The summed E-state index contributed by atoms with van der Waals surface area (Å²) in [6.45, 7) is 5.00. The highest BCUT2D eigenvalue weighted by atomic mass is 35.5. The fourth-order valence-electron chi connectivity index (χ4n) is 2.42. The number of nitrogens with zero attached hydrogens (tertiary/aromatic N) is 1. The second-order valence-electron chi connectivity index (χ2n) is 5.26. The van der Waals surface area contributed by atoms with E-state index in [9.17, 15) is 9.59 Å². The number of carbonyl (C=O) groups is 2. The highest BCUT2D eigenvalue weighted by Crippen LogP contribution is 2.29. The average molecular weight is 361 g/mol. The summed E-state index contributed by atoms with van der Waals surface area (Å²) >= 11 is 12.1. The Bertz CT molecular complexity index is 555. The van der Waals surface area contributed by atoms with Crippen molar-refractivity contribution in [3.8, 4) is 0 Å². The minimum atomic E-state index is -0.293. The molecule has 0 bridgehead atoms. The predicted molar refractivity (Wildman–Crippen MR) is 89.3 cm³/mol. The topological polar surface area (TPSA) is 63.1 Å². The molecule has 6 nitrogen and oxygen atoms in total. The van der Waals surface area contributed by atoms with Crippen LogP contribution in [0.5, 0.6) is 0 Å². The maximum Gasteiger partial charge on any atom is 0.410 e. The summed E-state index contributed by atoms with van der Waals surface area (Å²) in [6, 6.07) is 5.07. The quantitative estimate of drug-likeness (QED) is 0.850. The van der Waals surface area contributed by atoms with Gasteiger partial charge in [-0.25, -0.2) is 4.79 Å². The van der Waals surface area contributed by atoms with E-state index in [1.165, 1.54) is 0 Å². The maximum absolute atomic E-state index is 12.1. The molecule has 1 aliphatic heterocycles. The van der Waals surface area contributed by atoms with Gasteiger partial charge in [0, 0.05) is 0 Å². The Morgan fingerprint density at radius 3 is 2.43 bits per heavy atom. The van der Waals surface area contributed by atoms with E-state index in [4.69, 9.17) is 27.9 Å². The van der Waals surface area contributed by atoms with E-state index in [0.29, 0.717) is 55.1 Å². The van der Waals surface area contributed by atoms with E-state index < -0.39 is 0 Å². The number of hydrogen-bond donors (Lipinski definition) is 2. The van der Waals surface area contributed by atoms with Crippen LogP contribution in [0.3, 0.4) is 0 Å². The molecule has 2 amide bonds. The lowest BCUT2D eigenvalue weighted by molar-refractivity contribution is -0.895. The molecule has 2 N–H and O–H groups in total. The smallest absolute Gasteiger partial charge is 0.410 e. The van der Waals surface area contributed by atoms with Crippen LogP contribution in [-0.2, 0) is 9.53 Å². The Morgan fingerprint density at radius 1 is 1.26 bits per heavy atom. The molecule has 1 saturated heterocycles. The third-order valence-corrected chi connectivity index (χ3v) is 4.26. The number of ether oxygens (including phenoxy) is 1. The molecule has 0 aliphatic carbocycles. The van der Waals surface area contributed by atoms with Crippen LogP contribution in [0, 0.1) is 0 Å². The molecule has 1 heterocycles. The van der Waals surface area contributed by atoms with Gasteiger partial charge in [-0.3, -0.25) is 9.69 Å². The lowest BCUT2D eigenvalue weighted by Gasteiger charge is -2.31. The number of hydrogen-bond acceptors (Lipinski definition) is 3. The van der Waals surface area contributed by atoms with Crippen molar-refractivity contribution in [2.45, 2.75) is 6.92 Å².